The monoisotopic (exact) mass is 476 g/mol. The summed E-state index contributed by atoms with van der Waals surface area (Å²) in [5.74, 6) is 0.709. The molecular formula is C29H48O5. The van der Waals surface area contributed by atoms with E-state index >= 15 is 0 Å². The van der Waals surface area contributed by atoms with E-state index in [0.717, 1.165) is 51.4 Å². The molecule has 0 aromatic carbocycles. The van der Waals surface area contributed by atoms with E-state index in [9.17, 15) is 15.3 Å². The van der Waals surface area contributed by atoms with E-state index in [1.54, 1.807) is 0 Å². The smallest absolute Gasteiger partial charge is 0.173 e. The maximum absolute atomic E-state index is 12.5. The number of allylic oxidation sites excluding steroid dienone is 1. The van der Waals surface area contributed by atoms with Crippen molar-refractivity contribution in [3.8, 4) is 0 Å². The summed E-state index contributed by atoms with van der Waals surface area (Å²) in [6.07, 6.45) is 9.57. The highest BCUT2D eigenvalue weighted by molar-refractivity contribution is 5.27. The second-order valence-corrected chi connectivity index (χ2v) is 13.4. The summed E-state index contributed by atoms with van der Waals surface area (Å²) in [4.78, 5) is 0. The second kappa shape index (κ2) is 8.55. The summed E-state index contributed by atoms with van der Waals surface area (Å²) in [6, 6.07) is 0. The van der Waals surface area contributed by atoms with Crippen molar-refractivity contribution >= 4 is 0 Å². The zero-order valence-electron chi connectivity index (χ0n) is 22.1. The van der Waals surface area contributed by atoms with Crippen molar-refractivity contribution in [1.82, 2.24) is 0 Å². The van der Waals surface area contributed by atoms with E-state index < -0.39 is 17.5 Å². The fraction of sp³-hybridized carbons (Fsp3) is 0.931. The summed E-state index contributed by atoms with van der Waals surface area (Å²) < 4.78 is 12.6. The van der Waals surface area contributed by atoms with Crippen molar-refractivity contribution in [2.24, 2.45) is 40.4 Å². The maximum Gasteiger partial charge on any atom is 0.173 e. The van der Waals surface area contributed by atoms with Gasteiger partial charge < -0.3 is 24.8 Å². The molecule has 3 saturated carbocycles. The van der Waals surface area contributed by atoms with Gasteiger partial charge in [0.05, 0.1) is 25.4 Å². The Balaban J connectivity index is 1.46. The minimum Gasteiger partial charge on any atom is -0.393 e. The lowest BCUT2D eigenvalue weighted by atomic mass is 9.46. The topological polar surface area (TPSA) is 79.2 Å². The molecule has 5 rings (SSSR count). The lowest BCUT2D eigenvalue weighted by Crippen LogP contribution is -2.64. The molecule has 34 heavy (non-hydrogen) atoms. The van der Waals surface area contributed by atoms with Gasteiger partial charge in [0, 0.05) is 17.8 Å². The van der Waals surface area contributed by atoms with Crippen LogP contribution in [0, 0.1) is 40.4 Å². The molecule has 0 aromatic heterocycles. The van der Waals surface area contributed by atoms with Gasteiger partial charge in [-0.3, -0.25) is 0 Å². The Bertz CT molecular complexity index is 802. The van der Waals surface area contributed by atoms with E-state index in [1.165, 1.54) is 5.57 Å². The molecule has 0 unspecified atom stereocenters. The highest BCUT2D eigenvalue weighted by Crippen LogP contribution is 2.69. The van der Waals surface area contributed by atoms with Gasteiger partial charge in [0.2, 0.25) is 0 Å². The van der Waals surface area contributed by atoms with Crippen molar-refractivity contribution in [3.63, 3.8) is 0 Å². The van der Waals surface area contributed by atoms with Crippen LogP contribution < -0.4 is 0 Å². The average Bonchev–Trinajstić information content (AvgIpc) is 3.35. The van der Waals surface area contributed by atoms with Crippen molar-refractivity contribution in [2.45, 2.75) is 116 Å². The maximum atomic E-state index is 12.5. The van der Waals surface area contributed by atoms with Crippen LogP contribution in [0.4, 0.5) is 0 Å². The normalized spacial score (nSPS) is 48.7. The van der Waals surface area contributed by atoms with Gasteiger partial charge in [-0.05, 0) is 80.5 Å². The van der Waals surface area contributed by atoms with E-state index in [4.69, 9.17) is 9.47 Å². The number of aliphatic hydroxyl groups is 3. The lowest BCUT2D eigenvalue weighted by Gasteiger charge is -2.60. The Morgan fingerprint density at radius 2 is 1.74 bits per heavy atom. The predicted molar refractivity (Wildman–Crippen MR) is 132 cm³/mol. The molecule has 1 aliphatic heterocycles. The quantitative estimate of drug-likeness (QED) is 0.496. The van der Waals surface area contributed by atoms with E-state index in [0.29, 0.717) is 37.4 Å². The average molecular weight is 477 g/mol. The standard InChI is InChI=1S/C29H48O5/c1-18(2)8-13-28(33-14-15-34-28)19(3)29(32)25(31)17-24-22-7-6-20-16-21(30)9-11-26(20,4)23(22)10-12-27(24,29)5/h6,18-19,21-25,30-32H,7-17H2,1-5H3/t19-,21+,22-,23+,24+,25-,26+,27+,29-/m1/s1. The van der Waals surface area contributed by atoms with Gasteiger partial charge in [-0.15, -0.1) is 0 Å². The lowest BCUT2D eigenvalue weighted by molar-refractivity contribution is -0.279. The third kappa shape index (κ3) is 3.44. The Morgan fingerprint density at radius 3 is 2.41 bits per heavy atom. The summed E-state index contributed by atoms with van der Waals surface area (Å²) >= 11 is 0. The molecule has 1 heterocycles. The molecule has 5 aliphatic rings. The molecule has 0 radical (unpaired) electrons. The zero-order valence-corrected chi connectivity index (χ0v) is 22.1. The van der Waals surface area contributed by atoms with Gasteiger partial charge in [0.15, 0.2) is 5.79 Å². The molecule has 0 aromatic rings. The van der Waals surface area contributed by atoms with E-state index in [2.05, 4.69) is 40.7 Å². The van der Waals surface area contributed by atoms with Gasteiger partial charge in [-0.1, -0.05) is 46.3 Å². The minimum atomic E-state index is -1.24. The van der Waals surface area contributed by atoms with Gasteiger partial charge in [-0.25, -0.2) is 0 Å². The summed E-state index contributed by atoms with van der Waals surface area (Å²) in [7, 11) is 0. The molecule has 5 heteroatoms. The number of fused-ring (bicyclic) bond motifs is 5. The van der Waals surface area contributed by atoms with Crippen LogP contribution in [0.3, 0.4) is 0 Å². The van der Waals surface area contributed by atoms with Crippen LogP contribution in [-0.2, 0) is 9.47 Å². The van der Waals surface area contributed by atoms with Crippen LogP contribution >= 0.6 is 0 Å². The second-order valence-electron chi connectivity index (χ2n) is 13.4. The van der Waals surface area contributed by atoms with Crippen molar-refractivity contribution in [2.75, 3.05) is 13.2 Å². The summed E-state index contributed by atoms with van der Waals surface area (Å²) in [6.45, 7) is 12.3. The molecule has 0 spiro atoms. The number of hydrogen-bond donors (Lipinski definition) is 3. The van der Waals surface area contributed by atoms with Crippen LogP contribution in [0.2, 0.25) is 0 Å². The predicted octanol–water partition coefficient (Wildman–Crippen LogP) is 4.83. The van der Waals surface area contributed by atoms with Crippen LogP contribution in [0.25, 0.3) is 0 Å². The highest BCUT2D eigenvalue weighted by atomic mass is 16.7. The van der Waals surface area contributed by atoms with Crippen molar-refractivity contribution < 1.29 is 24.8 Å². The molecule has 5 nitrogen and oxygen atoms in total. The summed E-state index contributed by atoms with van der Waals surface area (Å²) in [5, 5.41) is 34.4. The van der Waals surface area contributed by atoms with Crippen molar-refractivity contribution in [1.29, 1.82) is 0 Å². The fourth-order valence-corrected chi connectivity index (χ4v) is 9.38. The Kier molecular flexibility index (Phi) is 6.34. The minimum absolute atomic E-state index is 0.150. The van der Waals surface area contributed by atoms with Gasteiger partial charge >= 0.3 is 0 Å². The Hall–Kier alpha value is -0.460. The first-order valence-electron chi connectivity index (χ1n) is 14.0. The molecule has 3 N–H and O–H groups in total. The molecule has 4 fully saturated rings. The first-order chi connectivity index (χ1) is 16.0. The molecule has 1 saturated heterocycles. The van der Waals surface area contributed by atoms with E-state index in [1.807, 2.05) is 0 Å². The van der Waals surface area contributed by atoms with Crippen molar-refractivity contribution in [3.05, 3.63) is 11.6 Å². The first kappa shape index (κ1) is 25.2. The SMILES string of the molecule is CC(C)CCC1([C@@H](C)[C@@]2(O)[C@H](O)C[C@H]3[C@@H]4CC=C5C[C@@H](O)CC[C@]5(C)[C@H]4CC[C@@]32C)OCCO1. The third-order valence-corrected chi connectivity index (χ3v) is 11.5. The van der Waals surface area contributed by atoms with E-state index in [-0.39, 0.29) is 28.8 Å². The largest absolute Gasteiger partial charge is 0.393 e. The molecule has 0 bridgehead atoms. The Morgan fingerprint density at radius 1 is 1.03 bits per heavy atom. The number of rotatable bonds is 5. The van der Waals surface area contributed by atoms with Crippen LogP contribution in [0.1, 0.15) is 92.4 Å². The first-order valence-corrected chi connectivity index (χ1v) is 14.0. The van der Waals surface area contributed by atoms with Gasteiger partial charge in [0.25, 0.3) is 0 Å². The Labute approximate surface area is 206 Å². The summed E-state index contributed by atoms with van der Waals surface area (Å²) in [5.41, 5.74) is -0.00366. The highest BCUT2D eigenvalue weighted by Gasteiger charge is 2.71. The fourth-order valence-electron chi connectivity index (χ4n) is 9.38. The van der Waals surface area contributed by atoms with Crippen LogP contribution in [-0.4, -0.2) is 52.1 Å². The van der Waals surface area contributed by atoms with Gasteiger partial charge in [-0.2, -0.15) is 0 Å². The zero-order chi connectivity index (χ0) is 24.5. The number of aliphatic hydroxyl groups excluding tert-OH is 2. The van der Waals surface area contributed by atoms with Crippen LogP contribution in [0.5, 0.6) is 0 Å². The number of hydrogen-bond acceptors (Lipinski definition) is 5. The molecule has 4 aliphatic carbocycles. The van der Waals surface area contributed by atoms with Crippen LogP contribution in [0.15, 0.2) is 11.6 Å². The molecular weight excluding hydrogens is 428 g/mol. The third-order valence-electron chi connectivity index (χ3n) is 11.5. The number of ether oxygens (including phenoxy) is 2. The molecule has 194 valence electrons. The molecule has 0 amide bonds. The molecule has 9 atom stereocenters. The van der Waals surface area contributed by atoms with Gasteiger partial charge in [0.1, 0.15) is 5.60 Å².